The Labute approximate surface area is 148 Å². The van der Waals surface area contributed by atoms with Gasteiger partial charge in [0, 0.05) is 6.54 Å². The number of halogens is 3. The van der Waals surface area contributed by atoms with Gasteiger partial charge in [-0.1, -0.05) is 24.3 Å². The highest BCUT2D eigenvalue weighted by molar-refractivity contribution is 5.98. The van der Waals surface area contributed by atoms with Gasteiger partial charge in [-0.25, -0.2) is 4.39 Å². The van der Waals surface area contributed by atoms with Crippen LogP contribution in [0, 0.1) is 5.82 Å². The molecule has 8 heteroatoms. The molecule has 2 aromatic carbocycles. The summed E-state index contributed by atoms with van der Waals surface area (Å²) in [6.45, 7) is -3.06. The van der Waals surface area contributed by atoms with Crippen molar-refractivity contribution in [2.24, 2.45) is 0 Å². The van der Waals surface area contributed by atoms with Gasteiger partial charge in [-0.15, -0.1) is 0 Å². The molecule has 0 atom stereocenters. The van der Waals surface area contributed by atoms with Crippen LogP contribution in [-0.4, -0.2) is 31.5 Å². The van der Waals surface area contributed by atoms with E-state index in [-0.39, 0.29) is 23.7 Å². The van der Waals surface area contributed by atoms with Crippen LogP contribution < -0.4 is 15.4 Å². The molecular formula is C18H17F3N2O3. The number of rotatable bonds is 8. The van der Waals surface area contributed by atoms with Crippen molar-refractivity contribution in [2.45, 2.75) is 13.0 Å². The van der Waals surface area contributed by atoms with Crippen LogP contribution in [0.25, 0.3) is 0 Å². The number of para-hydroxylation sites is 1. The van der Waals surface area contributed by atoms with Gasteiger partial charge in [0.25, 0.3) is 5.91 Å². The fourth-order valence-corrected chi connectivity index (χ4v) is 2.17. The van der Waals surface area contributed by atoms with E-state index in [1.165, 1.54) is 36.4 Å². The van der Waals surface area contributed by atoms with Crippen LogP contribution in [0.4, 0.5) is 13.2 Å². The fourth-order valence-electron chi connectivity index (χ4n) is 2.17. The highest BCUT2D eigenvalue weighted by Crippen LogP contribution is 2.19. The summed E-state index contributed by atoms with van der Waals surface area (Å²) in [5, 5.41) is 4.94. The van der Waals surface area contributed by atoms with E-state index in [2.05, 4.69) is 15.4 Å². The lowest BCUT2D eigenvalue weighted by Crippen LogP contribution is -2.37. The maximum absolute atomic E-state index is 12.8. The smallest absolute Gasteiger partial charge is 0.387 e. The Hall–Kier alpha value is -3.03. The number of ether oxygens (including phenoxy) is 1. The molecule has 2 aromatic rings. The second-order valence-electron chi connectivity index (χ2n) is 5.28. The third-order valence-electron chi connectivity index (χ3n) is 3.41. The molecule has 2 N–H and O–H groups in total. The van der Waals surface area contributed by atoms with E-state index in [1.807, 2.05) is 0 Å². The quantitative estimate of drug-likeness (QED) is 0.754. The first-order chi connectivity index (χ1) is 12.5. The first-order valence-corrected chi connectivity index (χ1v) is 7.79. The first-order valence-electron chi connectivity index (χ1n) is 7.79. The van der Waals surface area contributed by atoms with Crippen molar-refractivity contribution in [2.75, 3.05) is 13.1 Å². The molecule has 138 valence electrons. The van der Waals surface area contributed by atoms with Gasteiger partial charge in [0.05, 0.1) is 12.1 Å². The summed E-state index contributed by atoms with van der Waals surface area (Å²) in [5.41, 5.74) is 0.765. The van der Waals surface area contributed by atoms with Gasteiger partial charge in [-0.3, -0.25) is 9.59 Å². The molecule has 2 rings (SSSR count). The van der Waals surface area contributed by atoms with E-state index in [4.69, 9.17) is 0 Å². The average molecular weight is 366 g/mol. The maximum Gasteiger partial charge on any atom is 0.387 e. The number of amides is 2. The molecule has 0 fully saturated rings. The van der Waals surface area contributed by atoms with E-state index in [9.17, 15) is 22.8 Å². The topological polar surface area (TPSA) is 67.4 Å². The summed E-state index contributed by atoms with van der Waals surface area (Å²) in [6.07, 6.45) is 0.505. The molecule has 2 amide bonds. The molecule has 0 aliphatic carbocycles. The predicted molar refractivity (Wildman–Crippen MR) is 88.5 cm³/mol. The van der Waals surface area contributed by atoms with Crippen molar-refractivity contribution in [3.05, 3.63) is 65.5 Å². The number of hydrogen-bond acceptors (Lipinski definition) is 3. The molecule has 0 unspecified atom stereocenters. The van der Waals surface area contributed by atoms with Crippen LogP contribution in [0.15, 0.2) is 48.5 Å². The highest BCUT2D eigenvalue weighted by Gasteiger charge is 2.15. The fraction of sp³-hybridized carbons (Fsp3) is 0.222. The minimum absolute atomic E-state index is 0.0908. The van der Waals surface area contributed by atoms with Crippen LogP contribution in [0.1, 0.15) is 15.9 Å². The zero-order chi connectivity index (χ0) is 18.9. The van der Waals surface area contributed by atoms with Gasteiger partial charge in [-0.2, -0.15) is 8.78 Å². The zero-order valence-electron chi connectivity index (χ0n) is 13.7. The Morgan fingerprint density at radius 1 is 1.00 bits per heavy atom. The van der Waals surface area contributed by atoms with Crippen LogP contribution in [0.2, 0.25) is 0 Å². The predicted octanol–water partition coefficient (Wildman–Crippen LogP) is 2.52. The summed E-state index contributed by atoms with van der Waals surface area (Å²) in [6, 6.07) is 11.4. The van der Waals surface area contributed by atoms with Gasteiger partial charge >= 0.3 is 6.61 Å². The van der Waals surface area contributed by atoms with Gasteiger partial charge in [0.2, 0.25) is 5.91 Å². The second kappa shape index (κ2) is 9.45. The minimum atomic E-state index is -3.06. The van der Waals surface area contributed by atoms with Crippen LogP contribution in [-0.2, 0) is 11.2 Å². The van der Waals surface area contributed by atoms with E-state index in [0.29, 0.717) is 13.0 Å². The molecule has 0 spiro atoms. The lowest BCUT2D eigenvalue weighted by molar-refractivity contribution is -0.120. The number of nitrogens with one attached hydrogen (secondary N) is 2. The van der Waals surface area contributed by atoms with Crippen LogP contribution in [0.3, 0.4) is 0 Å². The third-order valence-corrected chi connectivity index (χ3v) is 3.41. The van der Waals surface area contributed by atoms with Crippen molar-refractivity contribution in [3.63, 3.8) is 0 Å². The molecule has 0 radical (unpaired) electrons. The largest absolute Gasteiger partial charge is 0.434 e. The van der Waals surface area contributed by atoms with Gasteiger partial charge in [-0.05, 0) is 36.2 Å². The summed E-state index contributed by atoms with van der Waals surface area (Å²) in [4.78, 5) is 23.8. The van der Waals surface area contributed by atoms with Crippen molar-refractivity contribution < 1.29 is 27.5 Å². The number of hydrogen-bond donors (Lipinski definition) is 2. The Bertz CT molecular complexity index is 752. The molecule has 0 heterocycles. The van der Waals surface area contributed by atoms with Gasteiger partial charge in [0.15, 0.2) is 0 Å². The Kier molecular flexibility index (Phi) is 7.02. The molecule has 0 aromatic heterocycles. The number of alkyl halides is 2. The van der Waals surface area contributed by atoms with Crippen LogP contribution in [0.5, 0.6) is 5.75 Å². The first kappa shape index (κ1) is 19.3. The number of carbonyl (C=O) groups is 2. The van der Waals surface area contributed by atoms with Crippen molar-refractivity contribution in [1.82, 2.24) is 10.6 Å². The maximum atomic E-state index is 12.8. The summed E-state index contributed by atoms with van der Waals surface area (Å²) in [5.74, 6) is -1.74. The zero-order valence-corrected chi connectivity index (χ0v) is 13.7. The van der Waals surface area contributed by atoms with Crippen molar-refractivity contribution in [1.29, 1.82) is 0 Å². The summed E-state index contributed by atoms with van der Waals surface area (Å²) >= 11 is 0. The second-order valence-corrected chi connectivity index (χ2v) is 5.28. The normalized spacial score (nSPS) is 10.5. The van der Waals surface area contributed by atoms with Crippen molar-refractivity contribution >= 4 is 11.8 Å². The molecular weight excluding hydrogens is 349 g/mol. The van der Waals surface area contributed by atoms with E-state index < -0.39 is 18.4 Å². The van der Waals surface area contributed by atoms with Gasteiger partial charge < -0.3 is 15.4 Å². The number of benzene rings is 2. The van der Waals surface area contributed by atoms with Crippen LogP contribution >= 0.6 is 0 Å². The minimum Gasteiger partial charge on any atom is -0.434 e. The average Bonchev–Trinajstić information content (AvgIpc) is 2.61. The van der Waals surface area contributed by atoms with E-state index in [1.54, 1.807) is 12.1 Å². The van der Waals surface area contributed by atoms with Gasteiger partial charge in [0.1, 0.15) is 11.6 Å². The standard InChI is InChI=1S/C18H17F3N2O3/c19-13-7-5-12(6-8-13)9-10-22-16(24)11-23-17(25)14-3-1-2-4-15(14)26-18(20)21/h1-8,18H,9-11H2,(H,22,24)(H,23,25). The highest BCUT2D eigenvalue weighted by atomic mass is 19.3. The molecule has 0 aliphatic rings. The molecule has 0 saturated carbocycles. The SMILES string of the molecule is O=C(CNC(=O)c1ccccc1OC(F)F)NCCc1ccc(F)cc1. The summed E-state index contributed by atoms with van der Waals surface area (Å²) < 4.78 is 41.7. The number of carbonyl (C=O) groups excluding carboxylic acids is 2. The van der Waals surface area contributed by atoms with Crippen molar-refractivity contribution in [3.8, 4) is 5.75 Å². The lowest BCUT2D eigenvalue weighted by Gasteiger charge is -2.11. The van der Waals surface area contributed by atoms with E-state index in [0.717, 1.165) is 5.56 Å². The monoisotopic (exact) mass is 366 g/mol. The summed E-state index contributed by atoms with van der Waals surface area (Å²) in [7, 11) is 0. The molecule has 0 bridgehead atoms. The van der Waals surface area contributed by atoms with E-state index >= 15 is 0 Å². The Morgan fingerprint density at radius 3 is 2.38 bits per heavy atom. The molecule has 0 saturated heterocycles. The third kappa shape index (κ3) is 6.12. The Balaban J connectivity index is 1.78. The molecule has 5 nitrogen and oxygen atoms in total. The Morgan fingerprint density at radius 2 is 1.69 bits per heavy atom. The molecule has 0 aliphatic heterocycles. The lowest BCUT2D eigenvalue weighted by atomic mass is 10.1. The molecule has 26 heavy (non-hydrogen) atoms.